The zero-order chi connectivity index (χ0) is 15.0. The van der Waals surface area contributed by atoms with E-state index in [0.717, 1.165) is 34.2 Å². The molecule has 0 aromatic carbocycles. The highest BCUT2D eigenvalue weighted by atomic mass is 32.2. The molecule has 1 N–H and O–H groups in total. The summed E-state index contributed by atoms with van der Waals surface area (Å²) in [5.41, 5.74) is 0. The zero-order valence-electron chi connectivity index (χ0n) is 12.8. The molecule has 3 nitrogen and oxygen atoms in total. The topological polar surface area (TPSA) is 37.8 Å². The Morgan fingerprint density at radius 2 is 2.10 bits per heavy atom. The van der Waals surface area contributed by atoms with Crippen LogP contribution in [0.5, 0.6) is 0 Å². The van der Waals surface area contributed by atoms with E-state index in [-0.39, 0.29) is 0 Å². The second kappa shape index (κ2) is 6.34. The molecule has 6 heteroatoms. The van der Waals surface area contributed by atoms with Gasteiger partial charge in [0, 0.05) is 27.7 Å². The second-order valence-corrected chi connectivity index (χ2v) is 9.63. The molecule has 1 aliphatic heterocycles. The Bertz CT molecular complexity index is 640. The minimum Gasteiger partial charge on any atom is -0.370 e. The monoisotopic (exact) mass is 339 g/mol. The third-order valence-electron chi connectivity index (χ3n) is 3.72. The molecule has 21 heavy (non-hydrogen) atoms. The van der Waals surface area contributed by atoms with Crippen molar-refractivity contribution in [1.82, 2.24) is 9.97 Å². The quantitative estimate of drug-likeness (QED) is 0.875. The Kier molecular flexibility index (Phi) is 4.66. The van der Waals surface area contributed by atoms with Gasteiger partial charge in [0.2, 0.25) is 0 Å². The van der Waals surface area contributed by atoms with Gasteiger partial charge in [-0.05, 0) is 19.9 Å². The fourth-order valence-corrected chi connectivity index (χ4v) is 6.15. The number of thiophene rings is 1. The Balaban J connectivity index is 1.98. The molecule has 2 aromatic heterocycles. The van der Waals surface area contributed by atoms with Crippen LogP contribution in [0.4, 0.5) is 5.82 Å². The Hall–Kier alpha value is -0.460. The van der Waals surface area contributed by atoms with Gasteiger partial charge in [-0.3, -0.25) is 0 Å². The van der Waals surface area contributed by atoms with Crippen molar-refractivity contribution >= 4 is 50.9 Å². The van der Waals surface area contributed by atoms with E-state index in [9.17, 15) is 0 Å². The maximum atomic E-state index is 4.86. The fraction of sp³-hybridized carbons (Fsp3) is 0.600. The minimum absolute atomic E-state index is 0.408. The van der Waals surface area contributed by atoms with Crippen LogP contribution in [0, 0.1) is 6.92 Å². The predicted molar refractivity (Wildman–Crippen MR) is 98.0 cm³/mol. The molecule has 3 unspecified atom stereocenters. The number of rotatable bonds is 3. The SMILES string of the molecule is CCNc1nc(C2CSC(C)C(C)S2)nc2sc(C)cc12. The molecule has 114 valence electrons. The molecule has 0 bridgehead atoms. The summed E-state index contributed by atoms with van der Waals surface area (Å²) in [6, 6.07) is 2.19. The molecule has 0 aliphatic carbocycles. The second-order valence-electron chi connectivity index (χ2n) is 5.40. The molecule has 1 fully saturated rings. The van der Waals surface area contributed by atoms with Crippen molar-refractivity contribution in [3.63, 3.8) is 0 Å². The van der Waals surface area contributed by atoms with Crippen molar-refractivity contribution in [3.05, 3.63) is 16.8 Å². The van der Waals surface area contributed by atoms with Crippen molar-refractivity contribution in [3.8, 4) is 0 Å². The van der Waals surface area contributed by atoms with Gasteiger partial charge in [-0.15, -0.1) is 23.1 Å². The highest BCUT2D eigenvalue weighted by Gasteiger charge is 2.29. The van der Waals surface area contributed by atoms with Crippen molar-refractivity contribution in [2.45, 2.75) is 43.4 Å². The number of nitrogens with zero attached hydrogens (tertiary/aromatic N) is 2. The summed E-state index contributed by atoms with van der Waals surface area (Å²) < 4.78 is 0. The van der Waals surface area contributed by atoms with E-state index in [2.05, 4.69) is 39.1 Å². The van der Waals surface area contributed by atoms with Crippen LogP contribution < -0.4 is 5.32 Å². The van der Waals surface area contributed by atoms with Crippen LogP contribution in [0.15, 0.2) is 6.07 Å². The first-order chi connectivity index (χ1) is 10.1. The first kappa shape index (κ1) is 15.4. The van der Waals surface area contributed by atoms with Gasteiger partial charge in [-0.25, -0.2) is 9.97 Å². The van der Waals surface area contributed by atoms with Crippen molar-refractivity contribution in [2.75, 3.05) is 17.6 Å². The van der Waals surface area contributed by atoms with E-state index < -0.39 is 0 Å². The van der Waals surface area contributed by atoms with Crippen LogP contribution in [-0.4, -0.2) is 32.8 Å². The van der Waals surface area contributed by atoms with Gasteiger partial charge in [0.05, 0.1) is 10.6 Å². The summed E-state index contributed by atoms with van der Waals surface area (Å²) in [6.45, 7) is 9.77. The normalized spacial score (nSPS) is 26.2. The predicted octanol–water partition coefficient (Wildman–Crippen LogP) is 4.73. The highest BCUT2D eigenvalue weighted by Crippen LogP contribution is 2.44. The van der Waals surface area contributed by atoms with Crippen LogP contribution >= 0.6 is 34.9 Å². The standard InChI is InChI=1S/C15H21N3S3/c1-5-16-13-11-6-8(2)20-15(11)18-14(17-13)12-7-19-9(3)10(4)21-12/h6,9-10,12H,5,7H2,1-4H3,(H,16,17,18). The number of nitrogens with one attached hydrogen (secondary N) is 1. The summed E-state index contributed by atoms with van der Waals surface area (Å²) in [4.78, 5) is 12.1. The van der Waals surface area contributed by atoms with Gasteiger partial charge in [-0.1, -0.05) is 13.8 Å². The fourth-order valence-electron chi connectivity index (χ4n) is 2.42. The third-order valence-corrected chi connectivity index (χ3v) is 8.05. The lowest BCUT2D eigenvalue weighted by atomic mass is 10.3. The van der Waals surface area contributed by atoms with Crippen LogP contribution in [-0.2, 0) is 0 Å². The number of hydrogen-bond donors (Lipinski definition) is 1. The lowest BCUT2D eigenvalue weighted by Gasteiger charge is -2.30. The van der Waals surface area contributed by atoms with Crippen molar-refractivity contribution in [1.29, 1.82) is 0 Å². The Morgan fingerprint density at radius 3 is 2.81 bits per heavy atom. The molecule has 2 aromatic rings. The molecule has 1 aliphatic rings. The molecule has 3 rings (SSSR count). The van der Waals surface area contributed by atoms with E-state index in [4.69, 9.17) is 9.97 Å². The summed E-state index contributed by atoms with van der Waals surface area (Å²) in [5.74, 6) is 3.10. The Morgan fingerprint density at radius 1 is 1.29 bits per heavy atom. The van der Waals surface area contributed by atoms with Crippen LogP contribution in [0.25, 0.3) is 10.2 Å². The van der Waals surface area contributed by atoms with Gasteiger partial charge in [-0.2, -0.15) is 11.8 Å². The summed E-state index contributed by atoms with van der Waals surface area (Å²) in [7, 11) is 0. The van der Waals surface area contributed by atoms with Crippen molar-refractivity contribution in [2.24, 2.45) is 0 Å². The molecule has 0 saturated carbocycles. The van der Waals surface area contributed by atoms with E-state index in [1.54, 1.807) is 11.3 Å². The number of aryl methyl sites for hydroxylation is 1. The number of fused-ring (bicyclic) bond motifs is 1. The van der Waals surface area contributed by atoms with E-state index in [1.807, 2.05) is 23.5 Å². The summed E-state index contributed by atoms with van der Waals surface area (Å²) in [5, 5.41) is 6.34. The molecule has 1 saturated heterocycles. The molecular weight excluding hydrogens is 318 g/mol. The number of aromatic nitrogens is 2. The minimum atomic E-state index is 0.408. The molecule has 3 atom stereocenters. The van der Waals surface area contributed by atoms with E-state index in [1.165, 1.54) is 4.88 Å². The smallest absolute Gasteiger partial charge is 0.146 e. The Labute approximate surface area is 138 Å². The first-order valence-electron chi connectivity index (χ1n) is 7.37. The van der Waals surface area contributed by atoms with E-state index in [0.29, 0.717) is 15.7 Å². The average molecular weight is 340 g/mol. The number of hydrogen-bond acceptors (Lipinski definition) is 6. The maximum absolute atomic E-state index is 4.86. The van der Waals surface area contributed by atoms with Crippen LogP contribution in [0.2, 0.25) is 0 Å². The summed E-state index contributed by atoms with van der Waals surface area (Å²) in [6.07, 6.45) is 0. The number of anilines is 1. The van der Waals surface area contributed by atoms with Crippen LogP contribution in [0.1, 0.15) is 36.7 Å². The highest BCUT2D eigenvalue weighted by molar-refractivity contribution is 8.07. The number of thioether (sulfide) groups is 2. The van der Waals surface area contributed by atoms with Gasteiger partial charge < -0.3 is 5.32 Å². The largest absolute Gasteiger partial charge is 0.370 e. The van der Waals surface area contributed by atoms with Crippen LogP contribution in [0.3, 0.4) is 0 Å². The maximum Gasteiger partial charge on any atom is 0.146 e. The lowest BCUT2D eigenvalue weighted by Crippen LogP contribution is -2.23. The molecule has 3 heterocycles. The average Bonchev–Trinajstić information content (AvgIpc) is 2.82. The zero-order valence-corrected chi connectivity index (χ0v) is 15.3. The lowest BCUT2D eigenvalue weighted by molar-refractivity contribution is 0.866. The molecule has 0 spiro atoms. The first-order valence-corrected chi connectivity index (χ1v) is 10.2. The summed E-state index contributed by atoms with van der Waals surface area (Å²) >= 11 is 5.83. The molecule has 0 radical (unpaired) electrons. The van der Waals surface area contributed by atoms with Gasteiger partial charge in [0.25, 0.3) is 0 Å². The van der Waals surface area contributed by atoms with Gasteiger partial charge in [0.15, 0.2) is 0 Å². The third kappa shape index (κ3) is 3.17. The van der Waals surface area contributed by atoms with Gasteiger partial charge >= 0.3 is 0 Å². The van der Waals surface area contributed by atoms with Crippen molar-refractivity contribution < 1.29 is 0 Å². The molecule has 0 amide bonds. The van der Waals surface area contributed by atoms with E-state index >= 15 is 0 Å². The van der Waals surface area contributed by atoms with Gasteiger partial charge in [0.1, 0.15) is 16.5 Å². The molecular formula is C15H21N3S3.